The first-order valence-corrected chi connectivity index (χ1v) is 9.72. The summed E-state index contributed by atoms with van der Waals surface area (Å²) in [5.41, 5.74) is 1.29. The van der Waals surface area contributed by atoms with Gasteiger partial charge >= 0.3 is 5.97 Å². The number of benzene rings is 2. The minimum absolute atomic E-state index is 0.0306. The zero-order chi connectivity index (χ0) is 20.5. The molecule has 2 aromatic rings. The summed E-state index contributed by atoms with van der Waals surface area (Å²) in [7, 11) is 0. The van der Waals surface area contributed by atoms with E-state index in [1.54, 1.807) is 42.5 Å². The van der Waals surface area contributed by atoms with Crippen molar-refractivity contribution in [3.05, 3.63) is 57.5 Å². The van der Waals surface area contributed by atoms with Crippen LogP contribution in [-0.4, -0.2) is 28.8 Å². The molecule has 2 aromatic carbocycles. The van der Waals surface area contributed by atoms with E-state index in [4.69, 9.17) is 25.8 Å². The maximum Gasteiger partial charge on any atom is 0.308 e. The van der Waals surface area contributed by atoms with Crippen LogP contribution in [0, 0.1) is 0 Å². The molecule has 1 saturated heterocycles. The molecule has 0 saturated carbocycles. The molecule has 9 heteroatoms. The molecule has 4 rings (SSSR count). The van der Waals surface area contributed by atoms with Gasteiger partial charge < -0.3 is 14.2 Å². The van der Waals surface area contributed by atoms with Gasteiger partial charge in [0, 0.05) is 18.0 Å². The zero-order valence-corrected chi connectivity index (χ0v) is 16.7. The van der Waals surface area contributed by atoms with Crippen LogP contribution >= 0.6 is 23.4 Å². The summed E-state index contributed by atoms with van der Waals surface area (Å²) in [6, 6.07) is 9.90. The van der Waals surface area contributed by atoms with Crippen molar-refractivity contribution in [1.29, 1.82) is 0 Å². The minimum atomic E-state index is -0.416. The number of carbonyl (C=O) groups excluding carboxylic acids is 3. The lowest BCUT2D eigenvalue weighted by atomic mass is 10.1. The number of fused-ring (bicyclic) bond motifs is 1. The summed E-state index contributed by atoms with van der Waals surface area (Å²) in [5.74, 6) is 0.642. The fraction of sp³-hybridized carbons (Fsp3) is 0.150. The molecular weight excluding hydrogens is 418 g/mol. The van der Waals surface area contributed by atoms with Crippen LogP contribution in [0.4, 0.5) is 4.79 Å². The molecule has 0 bridgehead atoms. The number of halogens is 1. The lowest BCUT2D eigenvalue weighted by Gasteiger charge is -2.14. The molecule has 0 N–H and O–H groups in total. The quantitative estimate of drug-likeness (QED) is 0.407. The molecule has 0 aliphatic carbocycles. The van der Waals surface area contributed by atoms with Crippen molar-refractivity contribution in [2.45, 2.75) is 13.5 Å². The molecule has 2 aliphatic rings. The highest BCUT2D eigenvalue weighted by Crippen LogP contribution is 2.39. The minimum Gasteiger partial charge on any atom is -0.454 e. The van der Waals surface area contributed by atoms with Crippen molar-refractivity contribution < 1.29 is 28.6 Å². The topological polar surface area (TPSA) is 82.1 Å². The smallest absolute Gasteiger partial charge is 0.308 e. The van der Waals surface area contributed by atoms with Crippen molar-refractivity contribution in [3.8, 4) is 17.2 Å². The molecule has 0 unspecified atom stereocenters. The Morgan fingerprint density at radius 3 is 2.59 bits per heavy atom. The molecule has 2 heterocycles. The van der Waals surface area contributed by atoms with E-state index in [0.29, 0.717) is 38.3 Å². The van der Waals surface area contributed by atoms with Gasteiger partial charge in [0.25, 0.3) is 11.1 Å². The molecule has 1 fully saturated rings. The predicted molar refractivity (Wildman–Crippen MR) is 107 cm³/mol. The van der Waals surface area contributed by atoms with Crippen LogP contribution < -0.4 is 14.2 Å². The van der Waals surface area contributed by atoms with E-state index in [1.165, 1.54) is 6.92 Å². The summed E-state index contributed by atoms with van der Waals surface area (Å²) < 4.78 is 15.6. The molecular formula is C20H14ClNO6S. The summed E-state index contributed by atoms with van der Waals surface area (Å²) in [5, 5.41) is 0.00450. The second kappa shape index (κ2) is 7.81. The largest absolute Gasteiger partial charge is 0.454 e. The Kier molecular flexibility index (Phi) is 5.21. The van der Waals surface area contributed by atoms with Crippen LogP contribution in [0.25, 0.3) is 6.08 Å². The van der Waals surface area contributed by atoms with Crippen LogP contribution in [0.1, 0.15) is 18.1 Å². The van der Waals surface area contributed by atoms with Crippen LogP contribution in [-0.2, 0) is 16.1 Å². The van der Waals surface area contributed by atoms with Gasteiger partial charge in [-0.15, -0.1) is 0 Å². The van der Waals surface area contributed by atoms with Gasteiger partial charge in [-0.25, -0.2) is 0 Å². The maximum absolute atomic E-state index is 12.7. The van der Waals surface area contributed by atoms with Crippen LogP contribution in [0.3, 0.4) is 0 Å². The Morgan fingerprint density at radius 2 is 1.90 bits per heavy atom. The third-order valence-corrected chi connectivity index (χ3v) is 5.44. The number of amides is 2. The molecule has 0 radical (unpaired) electrons. The maximum atomic E-state index is 12.7. The number of esters is 1. The van der Waals surface area contributed by atoms with Gasteiger partial charge in [-0.1, -0.05) is 23.7 Å². The molecule has 148 valence electrons. The Labute approximate surface area is 175 Å². The molecule has 7 nitrogen and oxygen atoms in total. The Balaban J connectivity index is 1.52. The van der Waals surface area contributed by atoms with Crippen molar-refractivity contribution in [2.75, 3.05) is 6.79 Å². The Morgan fingerprint density at radius 1 is 1.21 bits per heavy atom. The zero-order valence-electron chi connectivity index (χ0n) is 15.1. The predicted octanol–water partition coefficient (Wildman–Crippen LogP) is 4.23. The van der Waals surface area contributed by atoms with Crippen molar-refractivity contribution in [3.63, 3.8) is 0 Å². The highest BCUT2D eigenvalue weighted by molar-refractivity contribution is 8.18. The average Bonchev–Trinajstić information content (AvgIpc) is 3.22. The van der Waals surface area contributed by atoms with Gasteiger partial charge in [0.15, 0.2) is 11.5 Å². The number of imide groups is 1. The van der Waals surface area contributed by atoms with E-state index in [-0.39, 0.29) is 18.6 Å². The first kappa shape index (κ1) is 19.4. The average molecular weight is 432 g/mol. The van der Waals surface area contributed by atoms with Gasteiger partial charge in [-0.2, -0.15) is 0 Å². The van der Waals surface area contributed by atoms with E-state index < -0.39 is 11.9 Å². The highest BCUT2D eigenvalue weighted by atomic mass is 35.5. The lowest BCUT2D eigenvalue weighted by Crippen LogP contribution is -2.27. The third-order valence-electron chi connectivity index (χ3n) is 4.18. The SMILES string of the molecule is CC(=O)Oc1ccc(/C=C2\SC(=O)N(Cc3cc4c(cc3Cl)OCO4)C2=O)cc1. The van der Waals surface area contributed by atoms with E-state index in [9.17, 15) is 14.4 Å². The number of hydrogen-bond donors (Lipinski definition) is 0. The summed E-state index contributed by atoms with van der Waals surface area (Å²) >= 11 is 7.11. The highest BCUT2D eigenvalue weighted by Gasteiger charge is 2.35. The fourth-order valence-corrected chi connectivity index (χ4v) is 3.89. The molecule has 29 heavy (non-hydrogen) atoms. The van der Waals surface area contributed by atoms with Crippen LogP contribution in [0.15, 0.2) is 41.3 Å². The standard InChI is InChI=1S/C20H14ClNO6S/c1-11(23)28-14-4-2-12(3-5-14)6-18-19(24)22(20(25)29-18)9-13-7-16-17(8-15(13)21)27-10-26-16/h2-8H,9-10H2,1H3/b18-6-. The third kappa shape index (κ3) is 4.08. The van der Waals surface area contributed by atoms with Crippen molar-refractivity contribution in [2.24, 2.45) is 0 Å². The molecule has 0 aromatic heterocycles. The Bertz CT molecular complexity index is 1050. The normalized spacial score (nSPS) is 16.6. The van der Waals surface area contributed by atoms with Gasteiger partial charge in [0.2, 0.25) is 6.79 Å². The number of carbonyl (C=O) groups is 3. The second-order valence-electron chi connectivity index (χ2n) is 6.23. The first-order chi connectivity index (χ1) is 13.9. The number of nitrogens with zero attached hydrogens (tertiary/aromatic N) is 1. The van der Waals surface area contributed by atoms with Gasteiger partial charge in [-0.05, 0) is 47.2 Å². The monoisotopic (exact) mass is 431 g/mol. The summed E-state index contributed by atoms with van der Waals surface area (Å²) in [6.07, 6.45) is 1.61. The lowest BCUT2D eigenvalue weighted by molar-refractivity contribution is -0.131. The number of rotatable bonds is 4. The molecule has 0 spiro atoms. The van der Waals surface area contributed by atoms with E-state index in [2.05, 4.69) is 0 Å². The molecule has 2 aliphatic heterocycles. The number of thioether (sulfide) groups is 1. The second-order valence-corrected chi connectivity index (χ2v) is 7.63. The van der Waals surface area contributed by atoms with Crippen molar-refractivity contribution >= 4 is 46.6 Å². The fourth-order valence-electron chi connectivity index (χ4n) is 2.84. The van der Waals surface area contributed by atoms with Crippen LogP contribution in [0.2, 0.25) is 5.02 Å². The number of ether oxygens (including phenoxy) is 3. The first-order valence-electron chi connectivity index (χ1n) is 8.52. The molecule has 0 atom stereocenters. The van der Waals surface area contributed by atoms with E-state index in [0.717, 1.165) is 16.7 Å². The van der Waals surface area contributed by atoms with Gasteiger partial charge in [0.1, 0.15) is 5.75 Å². The van der Waals surface area contributed by atoms with Crippen LogP contribution in [0.5, 0.6) is 17.2 Å². The summed E-state index contributed by atoms with van der Waals surface area (Å²) in [4.78, 5) is 37.5. The Hall–Kier alpha value is -2.97. The number of hydrogen-bond acceptors (Lipinski definition) is 7. The summed E-state index contributed by atoms with van der Waals surface area (Å²) in [6.45, 7) is 1.45. The van der Waals surface area contributed by atoms with Gasteiger partial charge in [-0.3, -0.25) is 19.3 Å². The van der Waals surface area contributed by atoms with E-state index >= 15 is 0 Å². The van der Waals surface area contributed by atoms with Gasteiger partial charge in [0.05, 0.1) is 11.4 Å². The van der Waals surface area contributed by atoms with E-state index in [1.807, 2.05) is 0 Å². The molecule has 2 amide bonds. The van der Waals surface area contributed by atoms with Crippen molar-refractivity contribution in [1.82, 2.24) is 4.90 Å².